The minimum absolute atomic E-state index is 0.0751. The van der Waals surface area contributed by atoms with Crippen LogP contribution in [-0.2, 0) is 6.42 Å². The van der Waals surface area contributed by atoms with Gasteiger partial charge in [-0.3, -0.25) is 5.84 Å². The molecule has 0 bridgehead atoms. The molecular weight excluding hydrogens is 332 g/mol. The molecule has 0 aliphatic carbocycles. The molecule has 136 valence electrons. The Labute approximate surface area is 145 Å². The fraction of sp³-hybridized carbons (Fsp3) is 0.368. The van der Waals surface area contributed by atoms with E-state index in [1.807, 2.05) is 0 Å². The summed E-state index contributed by atoms with van der Waals surface area (Å²) in [6, 6.07) is 6.38. The molecule has 0 amide bonds. The molecule has 0 spiro atoms. The third kappa shape index (κ3) is 4.31. The van der Waals surface area contributed by atoms with Crippen LogP contribution in [0, 0.1) is 23.3 Å². The fourth-order valence-corrected chi connectivity index (χ4v) is 2.78. The number of unbranched alkanes of at least 4 members (excludes halogenated alkanes) is 4. The Bertz CT molecular complexity index is 685. The first-order valence-electron chi connectivity index (χ1n) is 8.43. The van der Waals surface area contributed by atoms with E-state index < -0.39 is 34.5 Å². The van der Waals surface area contributed by atoms with E-state index >= 15 is 0 Å². The SMILES string of the molecule is CCCCCCCc1ccc(-c2c(F)c(F)c(NN)c(F)c2F)cc1. The number of nitrogens with one attached hydrogen (secondary N) is 1. The van der Waals surface area contributed by atoms with Crippen LogP contribution >= 0.6 is 0 Å². The van der Waals surface area contributed by atoms with E-state index in [4.69, 9.17) is 5.84 Å². The van der Waals surface area contributed by atoms with E-state index in [0.717, 1.165) is 24.8 Å². The maximum atomic E-state index is 14.1. The van der Waals surface area contributed by atoms with Gasteiger partial charge in [-0.2, -0.15) is 0 Å². The molecule has 0 radical (unpaired) electrons. The lowest BCUT2D eigenvalue weighted by Gasteiger charge is -2.12. The number of halogens is 4. The predicted molar refractivity (Wildman–Crippen MR) is 92.0 cm³/mol. The smallest absolute Gasteiger partial charge is 0.187 e. The number of aryl methyl sites for hydroxylation is 1. The lowest BCUT2D eigenvalue weighted by atomic mass is 9.99. The van der Waals surface area contributed by atoms with Crippen molar-refractivity contribution >= 4 is 5.69 Å². The standard InChI is InChI=1S/C19H22F4N2/c1-2-3-4-5-6-7-12-8-10-13(11-9-12)14-15(20)17(22)19(25-24)18(23)16(14)21/h8-11,25H,2-7,24H2,1H3. The van der Waals surface area contributed by atoms with Gasteiger partial charge in [-0.1, -0.05) is 56.9 Å². The lowest BCUT2D eigenvalue weighted by Crippen LogP contribution is -2.14. The van der Waals surface area contributed by atoms with Crippen molar-refractivity contribution in [2.45, 2.75) is 45.4 Å². The summed E-state index contributed by atoms with van der Waals surface area (Å²) in [4.78, 5) is 0. The highest BCUT2D eigenvalue weighted by Crippen LogP contribution is 2.34. The van der Waals surface area contributed by atoms with Crippen LogP contribution in [-0.4, -0.2) is 0 Å². The molecule has 2 aromatic carbocycles. The molecule has 25 heavy (non-hydrogen) atoms. The zero-order valence-corrected chi connectivity index (χ0v) is 14.1. The first kappa shape index (κ1) is 19.2. The highest BCUT2D eigenvalue weighted by Gasteiger charge is 2.25. The van der Waals surface area contributed by atoms with Crippen molar-refractivity contribution in [1.82, 2.24) is 0 Å². The summed E-state index contributed by atoms with van der Waals surface area (Å²) in [6.07, 6.45) is 6.59. The van der Waals surface area contributed by atoms with Gasteiger partial charge in [-0.05, 0) is 24.0 Å². The van der Waals surface area contributed by atoms with Crippen molar-refractivity contribution in [1.29, 1.82) is 0 Å². The van der Waals surface area contributed by atoms with Gasteiger partial charge in [0.1, 0.15) is 5.69 Å². The average molecular weight is 354 g/mol. The van der Waals surface area contributed by atoms with E-state index in [0.29, 0.717) is 0 Å². The van der Waals surface area contributed by atoms with Gasteiger partial charge in [-0.15, -0.1) is 0 Å². The van der Waals surface area contributed by atoms with Crippen LogP contribution in [0.1, 0.15) is 44.6 Å². The Hall–Kier alpha value is -2.08. The Morgan fingerprint density at radius 2 is 1.36 bits per heavy atom. The number of hydrazine groups is 1. The van der Waals surface area contributed by atoms with Crippen molar-refractivity contribution in [2.24, 2.45) is 5.84 Å². The van der Waals surface area contributed by atoms with Crippen LogP contribution in [0.15, 0.2) is 24.3 Å². The molecule has 2 nitrogen and oxygen atoms in total. The molecule has 0 aliphatic heterocycles. The molecule has 0 fully saturated rings. The van der Waals surface area contributed by atoms with Crippen molar-refractivity contribution in [2.75, 3.05) is 5.43 Å². The van der Waals surface area contributed by atoms with E-state index in [-0.39, 0.29) is 5.56 Å². The lowest BCUT2D eigenvalue weighted by molar-refractivity contribution is 0.463. The summed E-state index contributed by atoms with van der Waals surface area (Å²) in [6.45, 7) is 2.15. The summed E-state index contributed by atoms with van der Waals surface area (Å²) >= 11 is 0. The topological polar surface area (TPSA) is 38.0 Å². The van der Waals surface area contributed by atoms with Gasteiger partial charge in [0.2, 0.25) is 0 Å². The Kier molecular flexibility index (Phi) is 6.82. The second kappa shape index (κ2) is 8.85. The number of nitrogen functional groups attached to an aromatic ring is 1. The molecule has 0 saturated carbocycles. The van der Waals surface area contributed by atoms with Crippen LogP contribution in [0.3, 0.4) is 0 Å². The Morgan fingerprint density at radius 1 is 0.800 bits per heavy atom. The number of rotatable bonds is 8. The molecule has 0 aromatic heterocycles. The normalized spacial score (nSPS) is 11.0. The summed E-state index contributed by atoms with van der Waals surface area (Å²) in [5, 5.41) is 0. The van der Waals surface area contributed by atoms with E-state index in [9.17, 15) is 17.6 Å². The summed E-state index contributed by atoms with van der Waals surface area (Å²) < 4.78 is 55.9. The van der Waals surface area contributed by atoms with E-state index in [1.165, 1.54) is 31.4 Å². The Balaban J connectivity index is 2.20. The molecule has 2 rings (SSSR count). The second-order valence-corrected chi connectivity index (χ2v) is 6.01. The summed E-state index contributed by atoms with van der Waals surface area (Å²) in [7, 11) is 0. The van der Waals surface area contributed by atoms with Gasteiger partial charge in [0.25, 0.3) is 0 Å². The number of benzene rings is 2. The fourth-order valence-electron chi connectivity index (χ4n) is 2.78. The molecule has 0 aliphatic rings. The van der Waals surface area contributed by atoms with E-state index in [2.05, 4.69) is 6.92 Å². The van der Waals surface area contributed by atoms with Gasteiger partial charge in [0, 0.05) is 0 Å². The third-order valence-corrected chi connectivity index (χ3v) is 4.22. The van der Waals surface area contributed by atoms with Gasteiger partial charge < -0.3 is 5.43 Å². The predicted octanol–water partition coefficient (Wildman–Crippen LogP) is 5.71. The maximum Gasteiger partial charge on any atom is 0.187 e. The van der Waals surface area contributed by atoms with Gasteiger partial charge in [-0.25, -0.2) is 17.6 Å². The molecule has 2 aromatic rings. The molecule has 0 heterocycles. The minimum atomic E-state index is -1.54. The first-order chi connectivity index (χ1) is 12.0. The first-order valence-corrected chi connectivity index (χ1v) is 8.43. The monoisotopic (exact) mass is 354 g/mol. The van der Waals surface area contributed by atoms with Crippen molar-refractivity contribution in [3.05, 3.63) is 53.1 Å². The quantitative estimate of drug-likeness (QED) is 0.210. The summed E-state index contributed by atoms with van der Waals surface area (Å²) in [5.74, 6) is -1.12. The third-order valence-electron chi connectivity index (χ3n) is 4.22. The number of nitrogens with two attached hydrogens (primary N) is 1. The molecular formula is C19H22F4N2. The van der Waals surface area contributed by atoms with Crippen LogP contribution in [0.4, 0.5) is 23.2 Å². The van der Waals surface area contributed by atoms with Gasteiger partial charge >= 0.3 is 0 Å². The van der Waals surface area contributed by atoms with Crippen molar-refractivity contribution < 1.29 is 17.6 Å². The molecule has 0 unspecified atom stereocenters. The van der Waals surface area contributed by atoms with Gasteiger partial charge in [0.05, 0.1) is 5.56 Å². The molecule has 3 N–H and O–H groups in total. The molecule has 0 saturated heterocycles. The Morgan fingerprint density at radius 3 is 1.88 bits per heavy atom. The zero-order valence-electron chi connectivity index (χ0n) is 14.1. The van der Waals surface area contributed by atoms with Gasteiger partial charge in [0.15, 0.2) is 23.3 Å². The van der Waals surface area contributed by atoms with Crippen LogP contribution in [0.25, 0.3) is 11.1 Å². The number of hydrogen-bond donors (Lipinski definition) is 2. The molecule has 0 atom stereocenters. The van der Waals surface area contributed by atoms with Crippen molar-refractivity contribution in [3.63, 3.8) is 0 Å². The van der Waals surface area contributed by atoms with E-state index in [1.54, 1.807) is 17.6 Å². The van der Waals surface area contributed by atoms with Crippen LogP contribution in [0.5, 0.6) is 0 Å². The van der Waals surface area contributed by atoms with Crippen LogP contribution < -0.4 is 11.3 Å². The van der Waals surface area contributed by atoms with Crippen molar-refractivity contribution in [3.8, 4) is 11.1 Å². The minimum Gasteiger partial charge on any atom is -0.319 e. The highest BCUT2D eigenvalue weighted by molar-refractivity contribution is 5.69. The second-order valence-electron chi connectivity index (χ2n) is 6.01. The average Bonchev–Trinajstić information content (AvgIpc) is 2.62. The highest BCUT2D eigenvalue weighted by atomic mass is 19.2. The zero-order chi connectivity index (χ0) is 18.4. The van der Waals surface area contributed by atoms with Crippen LogP contribution in [0.2, 0.25) is 0 Å². The number of hydrogen-bond acceptors (Lipinski definition) is 2. The number of anilines is 1. The largest absolute Gasteiger partial charge is 0.319 e. The summed E-state index contributed by atoms with van der Waals surface area (Å²) in [5.41, 5.74) is 0.973. The molecule has 6 heteroatoms. The maximum absolute atomic E-state index is 14.1.